The van der Waals surface area contributed by atoms with Crippen molar-refractivity contribution in [3.63, 3.8) is 0 Å². The summed E-state index contributed by atoms with van der Waals surface area (Å²) >= 11 is 1.52. The minimum Gasteiger partial charge on any atom is -0.328 e. The second-order valence-corrected chi connectivity index (χ2v) is 5.90. The molecule has 2 aromatic rings. The van der Waals surface area contributed by atoms with Gasteiger partial charge in [-0.15, -0.1) is 11.3 Å². The van der Waals surface area contributed by atoms with Gasteiger partial charge in [-0.2, -0.15) is 0 Å². The van der Waals surface area contributed by atoms with Crippen molar-refractivity contribution in [3.05, 3.63) is 44.8 Å². The molecule has 2 heterocycles. The van der Waals surface area contributed by atoms with Gasteiger partial charge in [0.15, 0.2) is 5.13 Å². The number of aromatic amines is 1. The summed E-state index contributed by atoms with van der Waals surface area (Å²) in [6.07, 6.45) is 7.10. The summed E-state index contributed by atoms with van der Waals surface area (Å²) in [7, 11) is 0. The lowest BCUT2D eigenvalue weighted by Crippen LogP contribution is -2.22. The molecule has 1 aliphatic rings. The standard InChI is InChI=1S/C14H15N3O2S/c18-12-9(5-4-8-15-12)13(19)17-14-16-10-6-2-1-3-7-11(10)20-14/h4-5,8H,1-3,6-7H2,(H,15,18)(H,16,17,19). The zero-order valence-corrected chi connectivity index (χ0v) is 11.8. The number of aromatic nitrogens is 2. The maximum absolute atomic E-state index is 12.1. The molecule has 0 aromatic carbocycles. The molecule has 5 nitrogen and oxygen atoms in total. The van der Waals surface area contributed by atoms with Crippen LogP contribution < -0.4 is 10.9 Å². The Labute approximate surface area is 120 Å². The SMILES string of the molecule is O=C(Nc1nc2c(s1)CCCCC2)c1ccc[nH]c1=O. The number of carbonyl (C=O) groups excluding carboxylic acids is 1. The number of hydrogen-bond acceptors (Lipinski definition) is 4. The van der Waals surface area contributed by atoms with Gasteiger partial charge in [-0.1, -0.05) is 6.42 Å². The lowest BCUT2D eigenvalue weighted by atomic mass is 10.2. The number of thiazole rings is 1. The molecule has 0 radical (unpaired) electrons. The fourth-order valence-corrected chi connectivity index (χ4v) is 3.39. The average Bonchev–Trinajstić information content (AvgIpc) is 2.68. The van der Waals surface area contributed by atoms with Gasteiger partial charge in [0.25, 0.3) is 11.5 Å². The molecular weight excluding hydrogens is 274 g/mol. The molecule has 0 aliphatic heterocycles. The van der Waals surface area contributed by atoms with Crippen molar-refractivity contribution in [2.24, 2.45) is 0 Å². The predicted octanol–water partition coefficient (Wildman–Crippen LogP) is 2.35. The molecule has 0 atom stereocenters. The second-order valence-electron chi connectivity index (χ2n) is 4.82. The van der Waals surface area contributed by atoms with Gasteiger partial charge in [-0.25, -0.2) is 4.98 Å². The Morgan fingerprint density at radius 3 is 3.00 bits per heavy atom. The van der Waals surface area contributed by atoms with Crippen molar-refractivity contribution in [3.8, 4) is 0 Å². The van der Waals surface area contributed by atoms with Crippen molar-refractivity contribution in [1.82, 2.24) is 9.97 Å². The van der Waals surface area contributed by atoms with Crippen LogP contribution in [0, 0.1) is 0 Å². The zero-order valence-electron chi connectivity index (χ0n) is 10.9. The number of H-pyrrole nitrogens is 1. The van der Waals surface area contributed by atoms with Crippen molar-refractivity contribution in [2.45, 2.75) is 32.1 Å². The fourth-order valence-electron chi connectivity index (χ4n) is 2.35. The molecule has 0 unspecified atom stereocenters. The highest BCUT2D eigenvalue weighted by molar-refractivity contribution is 7.15. The zero-order chi connectivity index (χ0) is 13.9. The summed E-state index contributed by atoms with van der Waals surface area (Å²) in [5.41, 5.74) is 0.825. The number of rotatable bonds is 2. The maximum Gasteiger partial charge on any atom is 0.263 e. The molecule has 0 bridgehead atoms. The number of nitrogens with zero attached hydrogens (tertiary/aromatic N) is 1. The lowest BCUT2D eigenvalue weighted by molar-refractivity contribution is 0.102. The summed E-state index contributed by atoms with van der Waals surface area (Å²) in [6, 6.07) is 3.14. The van der Waals surface area contributed by atoms with Gasteiger partial charge in [-0.05, 0) is 37.8 Å². The topological polar surface area (TPSA) is 74.8 Å². The maximum atomic E-state index is 12.1. The number of carbonyl (C=O) groups is 1. The van der Waals surface area contributed by atoms with E-state index in [9.17, 15) is 9.59 Å². The minimum atomic E-state index is -0.407. The van der Waals surface area contributed by atoms with Crippen LogP contribution in [0.1, 0.15) is 40.2 Å². The van der Waals surface area contributed by atoms with Crippen LogP contribution in [-0.4, -0.2) is 15.9 Å². The van der Waals surface area contributed by atoms with Crippen molar-refractivity contribution < 1.29 is 4.79 Å². The average molecular weight is 289 g/mol. The number of hydrogen-bond donors (Lipinski definition) is 2. The fraction of sp³-hybridized carbons (Fsp3) is 0.357. The number of pyridine rings is 1. The quantitative estimate of drug-likeness (QED) is 0.833. The van der Waals surface area contributed by atoms with Crippen LogP contribution in [0.25, 0.3) is 0 Å². The highest BCUT2D eigenvalue weighted by Gasteiger charge is 2.17. The molecule has 6 heteroatoms. The minimum absolute atomic E-state index is 0.109. The van der Waals surface area contributed by atoms with E-state index in [0.29, 0.717) is 5.13 Å². The molecule has 1 aliphatic carbocycles. The van der Waals surface area contributed by atoms with E-state index >= 15 is 0 Å². The summed E-state index contributed by atoms with van der Waals surface area (Å²) in [5, 5.41) is 3.31. The molecule has 2 aromatic heterocycles. The van der Waals surface area contributed by atoms with Crippen molar-refractivity contribution >= 4 is 22.4 Å². The predicted molar refractivity (Wildman–Crippen MR) is 78.4 cm³/mol. The van der Waals surface area contributed by atoms with Crippen molar-refractivity contribution in [2.75, 3.05) is 5.32 Å². The number of anilines is 1. The molecule has 2 N–H and O–H groups in total. The number of aryl methyl sites for hydroxylation is 2. The first-order valence-electron chi connectivity index (χ1n) is 6.71. The molecule has 1 amide bonds. The molecular formula is C14H15N3O2S. The summed E-state index contributed by atoms with van der Waals surface area (Å²) in [6.45, 7) is 0. The molecule has 20 heavy (non-hydrogen) atoms. The van der Waals surface area contributed by atoms with E-state index in [1.165, 1.54) is 41.3 Å². The Balaban J connectivity index is 1.80. The third kappa shape index (κ3) is 2.65. The first-order chi connectivity index (χ1) is 9.74. The molecule has 0 saturated carbocycles. The Morgan fingerprint density at radius 1 is 1.30 bits per heavy atom. The van der Waals surface area contributed by atoms with E-state index in [1.54, 1.807) is 6.07 Å². The van der Waals surface area contributed by atoms with E-state index in [2.05, 4.69) is 15.3 Å². The van der Waals surface area contributed by atoms with E-state index in [0.717, 1.165) is 25.0 Å². The van der Waals surface area contributed by atoms with E-state index in [-0.39, 0.29) is 11.1 Å². The van der Waals surface area contributed by atoms with Gasteiger partial charge in [0.1, 0.15) is 5.56 Å². The van der Waals surface area contributed by atoms with Gasteiger partial charge in [0.2, 0.25) is 0 Å². The van der Waals surface area contributed by atoms with Gasteiger partial charge < -0.3 is 4.98 Å². The van der Waals surface area contributed by atoms with Gasteiger partial charge >= 0.3 is 0 Å². The third-order valence-corrected chi connectivity index (χ3v) is 4.45. The molecule has 0 fully saturated rings. The molecule has 104 valence electrons. The van der Waals surface area contributed by atoms with E-state index < -0.39 is 5.91 Å². The largest absolute Gasteiger partial charge is 0.328 e. The molecule has 3 rings (SSSR count). The van der Waals surface area contributed by atoms with Crippen LogP contribution in [0.5, 0.6) is 0 Å². The highest BCUT2D eigenvalue weighted by atomic mass is 32.1. The summed E-state index contributed by atoms with van der Waals surface area (Å²) in [4.78, 5) is 31.8. The number of amides is 1. The third-order valence-electron chi connectivity index (χ3n) is 3.38. The second kappa shape index (κ2) is 5.58. The lowest BCUT2D eigenvalue weighted by Gasteiger charge is -2.00. The first-order valence-corrected chi connectivity index (χ1v) is 7.53. The van der Waals surface area contributed by atoms with Crippen LogP contribution >= 0.6 is 11.3 Å². The molecule has 0 saturated heterocycles. The van der Waals surface area contributed by atoms with Crippen LogP contribution in [0.4, 0.5) is 5.13 Å². The van der Waals surface area contributed by atoms with Crippen LogP contribution in [0.15, 0.2) is 23.1 Å². The van der Waals surface area contributed by atoms with Crippen LogP contribution in [0.3, 0.4) is 0 Å². The first kappa shape index (κ1) is 13.1. The monoisotopic (exact) mass is 289 g/mol. The van der Waals surface area contributed by atoms with Crippen LogP contribution in [-0.2, 0) is 12.8 Å². The number of fused-ring (bicyclic) bond motifs is 1. The normalized spacial score (nSPS) is 14.4. The smallest absolute Gasteiger partial charge is 0.263 e. The van der Waals surface area contributed by atoms with E-state index in [4.69, 9.17) is 0 Å². The summed E-state index contributed by atoms with van der Waals surface area (Å²) < 4.78 is 0. The Kier molecular flexibility index (Phi) is 3.64. The summed E-state index contributed by atoms with van der Waals surface area (Å²) in [5.74, 6) is -0.407. The van der Waals surface area contributed by atoms with Gasteiger partial charge in [-0.3, -0.25) is 14.9 Å². The highest BCUT2D eigenvalue weighted by Crippen LogP contribution is 2.28. The Bertz CT molecular complexity index is 666. The van der Waals surface area contributed by atoms with E-state index in [1.807, 2.05) is 0 Å². The van der Waals surface area contributed by atoms with Crippen molar-refractivity contribution in [1.29, 1.82) is 0 Å². The Hall–Kier alpha value is -1.95. The Morgan fingerprint density at radius 2 is 2.15 bits per heavy atom. The number of nitrogens with one attached hydrogen (secondary N) is 2. The van der Waals surface area contributed by atoms with Gasteiger partial charge in [0, 0.05) is 11.1 Å². The molecule has 0 spiro atoms. The van der Waals surface area contributed by atoms with Gasteiger partial charge in [0.05, 0.1) is 5.69 Å². The van der Waals surface area contributed by atoms with Crippen LogP contribution in [0.2, 0.25) is 0 Å².